The van der Waals surface area contributed by atoms with Crippen molar-refractivity contribution >= 4 is 18.5 Å². The Morgan fingerprint density at radius 1 is 1.25 bits per heavy atom. The lowest BCUT2D eigenvalue weighted by Crippen LogP contribution is -2.36. The molecule has 0 spiro atoms. The molecule has 2 fully saturated rings. The summed E-state index contributed by atoms with van der Waals surface area (Å²) in [5.74, 6) is 1.10. The van der Waals surface area contributed by atoms with Crippen LogP contribution < -0.4 is 5.32 Å². The summed E-state index contributed by atoms with van der Waals surface area (Å²) in [4.78, 5) is 24.5. The lowest BCUT2D eigenvalue weighted by atomic mass is 10.0. The van der Waals surface area contributed by atoms with Gasteiger partial charge in [0, 0.05) is 43.5 Å². The molecule has 0 radical (unpaired) electrons. The smallest absolute Gasteiger partial charge is 0.282 e. The quantitative estimate of drug-likeness (QED) is 0.683. The Bertz CT molecular complexity index is 1040. The third kappa shape index (κ3) is 4.14. The molecule has 0 unspecified atom stereocenters. The second-order valence-electron chi connectivity index (χ2n) is 8.88. The van der Waals surface area contributed by atoms with Gasteiger partial charge in [-0.2, -0.15) is 5.10 Å². The maximum absolute atomic E-state index is 13.8. The van der Waals surface area contributed by atoms with Gasteiger partial charge in [0.05, 0.1) is 30.1 Å². The normalized spacial score (nSPS) is 23.3. The number of carbonyl (C=O) groups excluding carboxylic acids is 1. The molecule has 32 heavy (non-hydrogen) atoms. The number of allylic oxidation sites excluding steroid dienone is 1. The van der Waals surface area contributed by atoms with E-state index in [1.165, 1.54) is 4.68 Å². The molecule has 0 amide bonds. The van der Waals surface area contributed by atoms with E-state index in [0.29, 0.717) is 28.6 Å². The Kier molecular flexibility index (Phi) is 6.05. The summed E-state index contributed by atoms with van der Waals surface area (Å²) in [5, 5.41) is 8.02. The summed E-state index contributed by atoms with van der Waals surface area (Å²) < 4.78 is 12.8. The SMILES string of the molecule is C=N/C(NC1(C)CC1)=C1/C(C(=O)n2nc(C)c(CN3CCOCC3)c2C)=C(C)O/C1=N/C. The van der Waals surface area contributed by atoms with Crippen molar-refractivity contribution in [2.45, 2.75) is 52.6 Å². The Hall–Kier alpha value is -2.78. The predicted octanol–water partition coefficient (Wildman–Crippen LogP) is 2.36. The Balaban J connectivity index is 1.70. The number of nitrogens with one attached hydrogen (secondary N) is 1. The number of hydrogen-bond acceptors (Lipinski definition) is 8. The van der Waals surface area contributed by atoms with Gasteiger partial charge >= 0.3 is 0 Å². The third-order valence-electron chi connectivity index (χ3n) is 6.42. The largest absolute Gasteiger partial charge is 0.442 e. The zero-order chi connectivity index (χ0) is 23.0. The first kappa shape index (κ1) is 22.4. The van der Waals surface area contributed by atoms with Crippen molar-refractivity contribution in [1.82, 2.24) is 20.0 Å². The Labute approximate surface area is 188 Å². The fraction of sp³-hybridized carbons (Fsp3) is 0.565. The molecule has 0 atom stereocenters. The third-order valence-corrected chi connectivity index (χ3v) is 6.42. The molecule has 3 heterocycles. The van der Waals surface area contributed by atoms with Crippen LogP contribution in [0.5, 0.6) is 0 Å². The highest BCUT2D eigenvalue weighted by atomic mass is 16.5. The first-order valence-corrected chi connectivity index (χ1v) is 11.0. The van der Waals surface area contributed by atoms with Crippen molar-refractivity contribution in [3.8, 4) is 0 Å². The topological polar surface area (TPSA) is 93.3 Å². The minimum atomic E-state index is -0.256. The van der Waals surface area contributed by atoms with Crippen LogP contribution in [0, 0.1) is 13.8 Å². The molecule has 4 rings (SSSR count). The van der Waals surface area contributed by atoms with E-state index in [0.717, 1.165) is 62.6 Å². The van der Waals surface area contributed by atoms with E-state index in [2.05, 4.69) is 38.9 Å². The van der Waals surface area contributed by atoms with Crippen LogP contribution in [0.15, 0.2) is 32.7 Å². The van der Waals surface area contributed by atoms with Gasteiger partial charge in [-0.15, -0.1) is 0 Å². The molecule has 2 aliphatic heterocycles. The number of aromatic nitrogens is 2. The van der Waals surface area contributed by atoms with Gasteiger partial charge in [-0.3, -0.25) is 14.7 Å². The van der Waals surface area contributed by atoms with Crippen LogP contribution in [0.4, 0.5) is 0 Å². The minimum absolute atomic E-state index is 0.0451. The Morgan fingerprint density at radius 3 is 2.53 bits per heavy atom. The van der Waals surface area contributed by atoms with E-state index in [1.807, 2.05) is 13.8 Å². The summed E-state index contributed by atoms with van der Waals surface area (Å²) in [7, 11) is 1.64. The number of nitrogens with zero attached hydrogens (tertiary/aromatic N) is 5. The van der Waals surface area contributed by atoms with Gasteiger partial charge in [-0.1, -0.05) is 0 Å². The second-order valence-corrected chi connectivity index (χ2v) is 8.88. The molecule has 3 aliphatic rings. The van der Waals surface area contributed by atoms with Crippen LogP contribution in [-0.2, 0) is 16.0 Å². The summed E-state index contributed by atoms with van der Waals surface area (Å²) >= 11 is 0. The van der Waals surface area contributed by atoms with Crippen LogP contribution in [0.3, 0.4) is 0 Å². The number of ether oxygens (including phenoxy) is 2. The fourth-order valence-corrected chi connectivity index (χ4v) is 4.13. The molecule has 0 aromatic carbocycles. The number of carbonyl (C=O) groups is 1. The van der Waals surface area contributed by atoms with Gasteiger partial charge in [0.1, 0.15) is 11.6 Å². The Morgan fingerprint density at radius 2 is 1.94 bits per heavy atom. The molecule has 1 N–H and O–H groups in total. The standard InChI is InChI=1S/C23H32N6O3/c1-14-17(13-28-9-11-31-12-10-28)15(2)29(27-14)22(30)18-16(3)32-21(25-6)19(18)20(24-5)26-23(4)7-8-23/h26H,5,7-13H2,1-4,6H3/b20-19+,25-21+. The molecule has 9 nitrogen and oxygen atoms in total. The summed E-state index contributed by atoms with van der Waals surface area (Å²) in [6.07, 6.45) is 2.07. The minimum Gasteiger partial charge on any atom is -0.442 e. The van der Waals surface area contributed by atoms with Crippen molar-refractivity contribution in [2.75, 3.05) is 33.4 Å². The van der Waals surface area contributed by atoms with Gasteiger partial charge in [0.2, 0.25) is 5.90 Å². The van der Waals surface area contributed by atoms with E-state index in [4.69, 9.17) is 9.47 Å². The van der Waals surface area contributed by atoms with Gasteiger partial charge in [0.25, 0.3) is 5.91 Å². The lowest BCUT2D eigenvalue weighted by molar-refractivity contribution is 0.0340. The van der Waals surface area contributed by atoms with E-state index in [-0.39, 0.29) is 11.4 Å². The summed E-state index contributed by atoms with van der Waals surface area (Å²) in [6, 6.07) is 0. The van der Waals surface area contributed by atoms with Crippen LogP contribution in [0.1, 0.15) is 48.4 Å². The van der Waals surface area contributed by atoms with Gasteiger partial charge in [-0.05, 0) is 47.3 Å². The predicted molar refractivity (Wildman–Crippen MR) is 123 cm³/mol. The molecule has 0 bridgehead atoms. The molecule has 1 aliphatic carbocycles. The van der Waals surface area contributed by atoms with E-state index < -0.39 is 0 Å². The zero-order valence-corrected chi connectivity index (χ0v) is 19.6. The maximum Gasteiger partial charge on any atom is 0.282 e. The highest BCUT2D eigenvalue weighted by Crippen LogP contribution is 2.38. The molecule has 1 saturated carbocycles. The van der Waals surface area contributed by atoms with E-state index in [9.17, 15) is 4.79 Å². The van der Waals surface area contributed by atoms with Crippen LogP contribution in [0.2, 0.25) is 0 Å². The van der Waals surface area contributed by atoms with Crippen LogP contribution in [-0.4, -0.2) is 72.1 Å². The molecule has 1 aromatic rings. The van der Waals surface area contributed by atoms with E-state index in [1.54, 1.807) is 14.0 Å². The van der Waals surface area contributed by atoms with Crippen LogP contribution >= 0.6 is 0 Å². The molecule has 9 heteroatoms. The van der Waals surface area contributed by atoms with Crippen molar-refractivity contribution in [1.29, 1.82) is 0 Å². The van der Waals surface area contributed by atoms with Gasteiger partial charge in [-0.25, -0.2) is 9.67 Å². The van der Waals surface area contributed by atoms with Crippen molar-refractivity contribution in [3.05, 3.63) is 39.7 Å². The number of hydrogen-bond donors (Lipinski definition) is 1. The number of rotatable bonds is 6. The molecule has 172 valence electrons. The van der Waals surface area contributed by atoms with Gasteiger partial charge in [0.15, 0.2) is 0 Å². The molecule has 1 aromatic heterocycles. The van der Waals surface area contributed by atoms with Gasteiger partial charge < -0.3 is 14.8 Å². The van der Waals surface area contributed by atoms with Crippen molar-refractivity contribution in [2.24, 2.45) is 9.98 Å². The maximum atomic E-state index is 13.8. The highest BCUT2D eigenvalue weighted by molar-refractivity contribution is 6.15. The summed E-state index contributed by atoms with van der Waals surface area (Å²) in [6.45, 7) is 15.4. The van der Waals surface area contributed by atoms with E-state index >= 15 is 0 Å². The highest BCUT2D eigenvalue weighted by Gasteiger charge is 2.41. The summed E-state index contributed by atoms with van der Waals surface area (Å²) in [5.41, 5.74) is 3.65. The average Bonchev–Trinajstić information content (AvgIpc) is 3.32. The number of aryl methyl sites for hydroxylation is 1. The monoisotopic (exact) mass is 440 g/mol. The molecule has 1 saturated heterocycles. The van der Waals surface area contributed by atoms with Crippen molar-refractivity contribution in [3.63, 3.8) is 0 Å². The molecular weight excluding hydrogens is 408 g/mol. The molecular formula is C23H32N6O3. The average molecular weight is 441 g/mol. The first-order valence-electron chi connectivity index (χ1n) is 11.0. The fourth-order valence-electron chi connectivity index (χ4n) is 4.13. The first-order chi connectivity index (χ1) is 15.3. The number of aliphatic imine (C=N–C) groups is 2. The lowest BCUT2D eigenvalue weighted by Gasteiger charge is -2.26. The number of morpholine rings is 1. The second kappa shape index (κ2) is 8.63. The van der Waals surface area contributed by atoms with Crippen LogP contribution in [0.25, 0.3) is 0 Å². The zero-order valence-electron chi connectivity index (χ0n) is 19.6. The van der Waals surface area contributed by atoms with Crippen molar-refractivity contribution < 1.29 is 14.3 Å².